The second-order valence-electron chi connectivity index (χ2n) is 5.32. The van der Waals surface area contributed by atoms with Gasteiger partial charge in [-0.3, -0.25) is 14.4 Å². The molecule has 0 N–H and O–H groups in total. The minimum atomic E-state index is -1.60. The number of ketones is 1. The summed E-state index contributed by atoms with van der Waals surface area (Å²) < 4.78 is 14.7. The number of Topliss-reactive ketones (excluding diaryl/α,β-unsaturated/α-hetero) is 1. The van der Waals surface area contributed by atoms with Gasteiger partial charge in [0, 0.05) is 7.11 Å². The van der Waals surface area contributed by atoms with Gasteiger partial charge in [-0.1, -0.05) is 20.8 Å². The second kappa shape index (κ2) is 7.99. The van der Waals surface area contributed by atoms with E-state index < -0.39 is 35.2 Å². The Kier molecular flexibility index (Phi) is 7.42. The molecule has 0 radical (unpaired) electrons. The van der Waals surface area contributed by atoms with Crippen molar-refractivity contribution in [3.8, 4) is 0 Å². The van der Waals surface area contributed by atoms with E-state index in [0.717, 1.165) is 0 Å². The highest BCUT2D eigenvalue weighted by atomic mass is 16.6. The van der Waals surface area contributed by atoms with E-state index in [-0.39, 0.29) is 13.2 Å². The van der Waals surface area contributed by atoms with Crippen LogP contribution in [-0.2, 0) is 28.6 Å². The second-order valence-corrected chi connectivity index (χ2v) is 5.32. The van der Waals surface area contributed by atoms with Gasteiger partial charge in [0.25, 0.3) is 0 Å². The molecule has 0 aromatic carbocycles. The smallest absolute Gasteiger partial charge is 0.328 e. The van der Waals surface area contributed by atoms with Gasteiger partial charge in [-0.25, -0.2) is 0 Å². The molecule has 0 rings (SSSR count). The first-order valence-corrected chi connectivity index (χ1v) is 6.60. The molecular weight excluding hydrogens is 264 g/mol. The number of rotatable bonds is 7. The van der Waals surface area contributed by atoms with Crippen LogP contribution in [0, 0.1) is 11.3 Å². The molecule has 0 aromatic rings. The third-order valence-corrected chi connectivity index (χ3v) is 2.61. The molecule has 0 saturated carbocycles. The quantitative estimate of drug-likeness (QED) is 0.520. The van der Waals surface area contributed by atoms with E-state index >= 15 is 0 Å². The number of esters is 2. The molecule has 0 bridgehead atoms. The van der Waals surface area contributed by atoms with Crippen molar-refractivity contribution < 1.29 is 28.6 Å². The average molecular weight is 288 g/mol. The molecule has 1 unspecified atom stereocenters. The maximum Gasteiger partial charge on any atom is 0.328 e. The van der Waals surface area contributed by atoms with Gasteiger partial charge in [0.05, 0.1) is 13.2 Å². The van der Waals surface area contributed by atoms with E-state index in [1.54, 1.807) is 34.6 Å². The lowest BCUT2D eigenvalue weighted by Crippen LogP contribution is -2.46. The highest BCUT2D eigenvalue weighted by Gasteiger charge is 2.44. The van der Waals surface area contributed by atoms with Gasteiger partial charge in [-0.05, 0) is 19.3 Å². The monoisotopic (exact) mass is 288 g/mol. The average Bonchev–Trinajstić information content (AvgIpc) is 2.28. The maximum atomic E-state index is 12.4. The van der Waals surface area contributed by atoms with E-state index in [0.29, 0.717) is 0 Å². The Balaban J connectivity index is 5.35. The molecule has 20 heavy (non-hydrogen) atoms. The largest absolute Gasteiger partial charge is 0.465 e. The zero-order chi connectivity index (χ0) is 15.9. The van der Waals surface area contributed by atoms with Crippen molar-refractivity contribution in [3.63, 3.8) is 0 Å². The topological polar surface area (TPSA) is 78.9 Å². The van der Waals surface area contributed by atoms with Crippen molar-refractivity contribution in [2.24, 2.45) is 11.3 Å². The van der Waals surface area contributed by atoms with Crippen molar-refractivity contribution in [3.05, 3.63) is 0 Å². The number of methoxy groups -OCH3 is 1. The first-order chi connectivity index (χ1) is 9.20. The molecule has 0 aliphatic heterocycles. The van der Waals surface area contributed by atoms with E-state index in [1.807, 2.05) is 0 Å². The van der Waals surface area contributed by atoms with Gasteiger partial charge in [-0.2, -0.15) is 0 Å². The van der Waals surface area contributed by atoms with Crippen LogP contribution in [0.25, 0.3) is 0 Å². The highest BCUT2D eigenvalue weighted by molar-refractivity contribution is 6.16. The Bertz CT molecular complexity index is 337. The standard InChI is InChI=1S/C14H24O6/c1-7-19-12(16)9(13(17)20-8-2)10(15)11(18-6)14(3,4)5/h9,11H,7-8H2,1-6H3. The van der Waals surface area contributed by atoms with Gasteiger partial charge in [0.2, 0.25) is 5.92 Å². The summed E-state index contributed by atoms with van der Waals surface area (Å²) in [6.07, 6.45) is -0.902. The molecule has 116 valence electrons. The van der Waals surface area contributed by atoms with Gasteiger partial charge < -0.3 is 14.2 Å². The van der Waals surface area contributed by atoms with Gasteiger partial charge >= 0.3 is 11.9 Å². The minimum Gasteiger partial charge on any atom is -0.465 e. The molecule has 6 nitrogen and oxygen atoms in total. The van der Waals surface area contributed by atoms with Crippen LogP contribution in [0.3, 0.4) is 0 Å². The fourth-order valence-electron chi connectivity index (χ4n) is 1.83. The van der Waals surface area contributed by atoms with Gasteiger partial charge in [0.15, 0.2) is 5.78 Å². The normalized spacial score (nSPS) is 12.9. The lowest BCUT2D eigenvalue weighted by Gasteiger charge is -2.29. The van der Waals surface area contributed by atoms with Crippen LogP contribution >= 0.6 is 0 Å². The number of ether oxygens (including phenoxy) is 3. The summed E-state index contributed by atoms with van der Waals surface area (Å²) in [7, 11) is 1.36. The van der Waals surface area contributed by atoms with Crippen molar-refractivity contribution in [1.29, 1.82) is 0 Å². The van der Waals surface area contributed by atoms with Crippen LogP contribution in [-0.4, -0.2) is 44.1 Å². The fraction of sp³-hybridized carbons (Fsp3) is 0.786. The van der Waals surface area contributed by atoms with Crippen LogP contribution in [0.5, 0.6) is 0 Å². The molecule has 6 heteroatoms. The highest BCUT2D eigenvalue weighted by Crippen LogP contribution is 2.26. The zero-order valence-corrected chi connectivity index (χ0v) is 13.0. The van der Waals surface area contributed by atoms with E-state index in [2.05, 4.69) is 0 Å². The summed E-state index contributed by atoms with van der Waals surface area (Å²) in [6, 6.07) is 0. The Labute approximate surface area is 119 Å². The fourth-order valence-corrected chi connectivity index (χ4v) is 1.83. The van der Waals surface area contributed by atoms with Gasteiger partial charge in [-0.15, -0.1) is 0 Å². The lowest BCUT2D eigenvalue weighted by molar-refractivity contribution is -0.168. The number of carbonyl (C=O) groups is 3. The van der Waals surface area contributed by atoms with Crippen molar-refractivity contribution in [2.45, 2.75) is 40.7 Å². The third kappa shape index (κ3) is 4.92. The molecule has 0 spiro atoms. The van der Waals surface area contributed by atoms with Crippen molar-refractivity contribution >= 4 is 17.7 Å². The van der Waals surface area contributed by atoms with Gasteiger partial charge in [0.1, 0.15) is 6.10 Å². The van der Waals surface area contributed by atoms with E-state index in [1.165, 1.54) is 7.11 Å². The first-order valence-electron chi connectivity index (χ1n) is 6.60. The molecule has 0 heterocycles. The van der Waals surface area contributed by atoms with Crippen molar-refractivity contribution in [1.82, 2.24) is 0 Å². The predicted octanol–water partition coefficient (Wildman–Crippen LogP) is 1.36. The minimum absolute atomic E-state index is 0.0786. The Morgan fingerprint density at radius 2 is 1.35 bits per heavy atom. The zero-order valence-electron chi connectivity index (χ0n) is 13.0. The molecule has 0 amide bonds. The molecule has 0 fully saturated rings. The molecular formula is C14H24O6. The molecule has 1 atom stereocenters. The lowest BCUT2D eigenvalue weighted by atomic mass is 9.82. The first kappa shape index (κ1) is 18.6. The maximum absolute atomic E-state index is 12.4. The molecule has 0 saturated heterocycles. The Morgan fingerprint density at radius 1 is 0.950 bits per heavy atom. The van der Waals surface area contributed by atoms with Crippen LogP contribution in [0.4, 0.5) is 0 Å². The van der Waals surface area contributed by atoms with Crippen molar-refractivity contribution in [2.75, 3.05) is 20.3 Å². The summed E-state index contributed by atoms with van der Waals surface area (Å²) in [5.74, 6) is -4.04. The van der Waals surface area contributed by atoms with E-state index in [9.17, 15) is 14.4 Å². The molecule has 0 aliphatic rings. The summed E-state index contributed by atoms with van der Waals surface area (Å²) in [5, 5.41) is 0. The molecule has 0 aliphatic carbocycles. The number of hydrogen-bond acceptors (Lipinski definition) is 6. The third-order valence-electron chi connectivity index (χ3n) is 2.61. The molecule has 0 aromatic heterocycles. The summed E-state index contributed by atoms with van der Waals surface area (Å²) in [5.41, 5.74) is -0.553. The SMILES string of the molecule is CCOC(=O)C(C(=O)OCC)C(=O)C(OC)C(C)(C)C. The van der Waals surface area contributed by atoms with Crippen LogP contribution in [0.15, 0.2) is 0 Å². The van der Waals surface area contributed by atoms with Crippen LogP contribution in [0.1, 0.15) is 34.6 Å². The summed E-state index contributed by atoms with van der Waals surface area (Å²) in [4.78, 5) is 36.1. The Hall–Kier alpha value is -1.43. The van der Waals surface area contributed by atoms with E-state index in [4.69, 9.17) is 14.2 Å². The summed E-state index contributed by atoms with van der Waals surface area (Å²) >= 11 is 0. The van der Waals surface area contributed by atoms with Crippen LogP contribution < -0.4 is 0 Å². The predicted molar refractivity (Wildman–Crippen MR) is 72.0 cm³/mol. The Morgan fingerprint density at radius 3 is 1.60 bits per heavy atom. The number of hydrogen-bond donors (Lipinski definition) is 0. The summed E-state index contributed by atoms with van der Waals surface area (Å²) in [6.45, 7) is 8.71. The number of carbonyl (C=O) groups excluding carboxylic acids is 3. The van der Waals surface area contributed by atoms with Crippen LogP contribution in [0.2, 0.25) is 0 Å².